The fourth-order valence-corrected chi connectivity index (χ4v) is 6.31. The topological polar surface area (TPSA) is 262 Å². The van der Waals surface area contributed by atoms with Gasteiger partial charge in [-0.25, -0.2) is 19.0 Å². The van der Waals surface area contributed by atoms with Crippen molar-refractivity contribution >= 4 is 47.1 Å². The molecule has 0 aliphatic rings. The molecule has 4 N–H and O–H groups in total. The summed E-state index contributed by atoms with van der Waals surface area (Å²) in [5.74, 6) is -3.07. The smallest absolute Gasteiger partial charge is 0.338 e. The third kappa shape index (κ3) is 10.2. The summed E-state index contributed by atoms with van der Waals surface area (Å²) in [5, 5.41) is 71.7. The zero-order chi connectivity index (χ0) is 45.3. The number of para-hydroxylation sites is 2. The SMILES string of the molecule is O=C(O)c1cc([N+](=O)[O-])ccc1N=Cc1c(-c2ccccc2)nn(-c2ccccc2)c1O.O=C(O)c1cc([N+](=O)[O-])ccc1N=Cc1c(-c2ccccc2)nn(-c2ccccc2)c1O.[Cr]. The van der Waals surface area contributed by atoms with Crippen molar-refractivity contribution in [3.05, 3.63) is 200 Å². The van der Waals surface area contributed by atoms with Crippen molar-refractivity contribution in [3.8, 4) is 45.6 Å². The van der Waals surface area contributed by atoms with Gasteiger partial charge in [0, 0.05) is 65.2 Å². The van der Waals surface area contributed by atoms with Crippen molar-refractivity contribution in [1.29, 1.82) is 0 Å². The minimum atomic E-state index is -1.35. The van der Waals surface area contributed by atoms with Crippen LogP contribution in [0.25, 0.3) is 33.9 Å². The van der Waals surface area contributed by atoms with E-state index in [1.807, 2.05) is 97.1 Å². The summed E-state index contributed by atoms with van der Waals surface area (Å²) in [6.07, 6.45) is 2.61. The zero-order valence-electron chi connectivity index (χ0n) is 33.4. The summed E-state index contributed by atoms with van der Waals surface area (Å²) in [5.41, 5.74) is 2.78. The van der Waals surface area contributed by atoms with E-state index in [1.54, 1.807) is 24.3 Å². The average molecular weight is 909 g/mol. The van der Waals surface area contributed by atoms with Crippen molar-refractivity contribution < 1.29 is 57.2 Å². The number of aromatic carboxylic acids is 2. The van der Waals surface area contributed by atoms with Crippen LogP contribution >= 0.6 is 0 Å². The molecule has 0 atom stereocenters. The van der Waals surface area contributed by atoms with Gasteiger partial charge < -0.3 is 20.4 Å². The van der Waals surface area contributed by atoms with Crippen molar-refractivity contribution in [3.63, 3.8) is 0 Å². The van der Waals surface area contributed by atoms with Gasteiger partial charge in [-0.1, -0.05) is 97.1 Å². The van der Waals surface area contributed by atoms with Crippen LogP contribution in [0.2, 0.25) is 0 Å². The third-order valence-corrected chi connectivity index (χ3v) is 9.40. The van der Waals surface area contributed by atoms with Gasteiger partial charge in [-0.15, -0.1) is 0 Å². The maximum atomic E-state index is 11.6. The first-order valence-corrected chi connectivity index (χ1v) is 18.9. The number of aliphatic imine (C=N–C) groups is 2. The standard InChI is InChI=1S/2C23H16N4O5.Cr/c2*28-22-19(14-24-20-12-11-17(27(31)32)13-18(20)23(29)30)21(15-7-3-1-4-8-15)25-26(22)16-9-5-2-6-10-16;/h2*1-14,28H,(H,29,30);. The van der Waals surface area contributed by atoms with Gasteiger partial charge in [0.25, 0.3) is 11.4 Å². The summed E-state index contributed by atoms with van der Waals surface area (Å²) in [4.78, 5) is 52.2. The molecule has 0 aliphatic heterocycles. The van der Waals surface area contributed by atoms with Gasteiger partial charge in [0.15, 0.2) is 0 Å². The van der Waals surface area contributed by atoms with Gasteiger partial charge >= 0.3 is 11.9 Å². The van der Waals surface area contributed by atoms with E-state index in [-0.39, 0.29) is 74.1 Å². The van der Waals surface area contributed by atoms with E-state index >= 15 is 0 Å². The van der Waals surface area contributed by atoms with Crippen LogP contribution in [0.4, 0.5) is 22.7 Å². The Morgan fingerprint density at radius 1 is 0.523 bits per heavy atom. The van der Waals surface area contributed by atoms with Gasteiger partial charge in [-0.3, -0.25) is 30.2 Å². The summed E-state index contributed by atoms with van der Waals surface area (Å²) < 4.78 is 2.72. The predicted octanol–water partition coefficient (Wildman–Crippen LogP) is 9.20. The van der Waals surface area contributed by atoms with Gasteiger partial charge in [0.05, 0.1) is 54.8 Å². The van der Waals surface area contributed by atoms with E-state index in [0.717, 1.165) is 23.3 Å². The Balaban J connectivity index is 0.000000212. The molecule has 6 aromatic carbocycles. The maximum Gasteiger partial charge on any atom is 0.338 e. The number of carboxylic acids is 2. The van der Waals surface area contributed by atoms with Crippen molar-refractivity contribution in [1.82, 2.24) is 19.6 Å². The Morgan fingerprint density at radius 3 is 1.15 bits per heavy atom. The second kappa shape index (κ2) is 20.2. The Kier molecular flexibility index (Phi) is 14.1. The Morgan fingerprint density at radius 2 is 0.846 bits per heavy atom. The van der Waals surface area contributed by atoms with Crippen LogP contribution < -0.4 is 0 Å². The number of non-ortho nitro benzene ring substituents is 2. The molecule has 2 heterocycles. The van der Waals surface area contributed by atoms with E-state index in [2.05, 4.69) is 20.2 Å². The molecule has 0 radical (unpaired) electrons. The summed E-state index contributed by atoms with van der Waals surface area (Å²) >= 11 is 0. The molecule has 0 unspecified atom stereocenters. The van der Waals surface area contributed by atoms with Crippen LogP contribution in [0.5, 0.6) is 11.8 Å². The second-order valence-electron chi connectivity index (χ2n) is 13.4. The molecule has 0 aliphatic carbocycles. The first-order chi connectivity index (χ1) is 30.9. The number of carbonyl (C=O) groups is 2. The van der Waals surface area contributed by atoms with Crippen LogP contribution in [0.15, 0.2) is 168 Å². The van der Waals surface area contributed by atoms with E-state index in [0.29, 0.717) is 22.8 Å². The van der Waals surface area contributed by atoms with Crippen LogP contribution in [0, 0.1) is 20.2 Å². The minimum Gasteiger partial charge on any atom is -0.493 e. The normalized spacial score (nSPS) is 10.8. The zero-order valence-corrected chi connectivity index (χ0v) is 34.7. The largest absolute Gasteiger partial charge is 0.493 e. The Bertz CT molecular complexity index is 2880. The number of nitro groups is 2. The average Bonchev–Trinajstić information content (AvgIpc) is 3.83. The first-order valence-electron chi connectivity index (χ1n) is 18.9. The molecule has 0 amide bonds. The van der Waals surface area contributed by atoms with Crippen molar-refractivity contribution in [2.45, 2.75) is 0 Å². The quantitative estimate of drug-likeness (QED) is 0.0508. The van der Waals surface area contributed by atoms with Gasteiger partial charge in [-0.05, 0) is 36.4 Å². The molecule has 0 spiro atoms. The van der Waals surface area contributed by atoms with E-state index in [1.165, 1.54) is 46.1 Å². The molecule has 0 saturated carbocycles. The number of carboxylic acid groups (broad SMARTS) is 2. The number of aromatic nitrogens is 4. The number of hydrogen-bond donors (Lipinski definition) is 4. The molecule has 0 bridgehead atoms. The molecule has 8 rings (SSSR count). The number of benzene rings is 6. The molecule has 2 aromatic heterocycles. The molecule has 65 heavy (non-hydrogen) atoms. The van der Waals surface area contributed by atoms with Gasteiger partial charge in [-0.2, -0.15) is 10.2 Å². The summed E-state index contributed by atoms with van der Waals surface area (Å²) in [7, 11) is 0. The van der Waals surface area contributed by atoms with E-state index in [4.69, 9.17) is 0 Å². The number of nitrogens with zero attached hydrogens (tertiary/aromatic N) is 8. The van der Waals surface area contributed by atoms with Crippen molar-refractivity contribution in [2.24, 2.45) is 9.98 Å². The Hall–Kier alpha value is -9.05. The number of hydrogen-bond acceptors (Lipinski definition) is 12. The Labute approximate surface area is 378 Å². The number of aromatic hydroxyl groups is 2. The molecule has 0 fully saturated rings. The van der Waals surface area contributed by atoms with Crippen LogP contribution in [0.1, 0.15) is 31.8 Å². The minimum absolute atomic E-state index is 0. The molecule has 18 nitrogen and oxygen atoms in total. The first kappa shape index (κ1) is 45.5. The molecule has 322 valence electrons. The van der Waals surface area contributed by atoms with E-state index in [9.17, 15) is 50.2 Å². The van der Waals surface area contributed by atoms with Gasteiger partial charge in [0.2, 0.25) is 11.8 Å². The molecule has 0 saturated heterocycles. The van der Waals surface area contributed by atoms with Crippen molar-refractivity contribution in [2.75, 3.05) is 0 Å². The van der Waals surface area contributed by atoms with Crippen LogP contribution in [-0.4, -0.2) is 74.2 Å². The monoisotopic (exact) mass is 908 g/mol. The van der Waals surface area contributed by atoms with Crippen LogP contribution in [0.3, 0.4) is 0 Å². The third-order valence-electron chi connectivity index (χ3n) is 9.40. The fraction of sp³-hybridized carbons (Fsp3) is 0. The number of rotatable bonds is 12. The molecule has 19 heteroatoms. The second-order valence-corrected chi connectivity index (χ2v) is 13.4. The molecular weight excluding hydrogens is 877 g/mol. The van der Waals surface area contributed by atoms with Gasteiger partial charge in [0.1, 0.15) is 11.4 Å². The maximum absolute atomic E-state index is 11.6. The van der Waals surface area contributed by atoms with Crippen LogP contribution in [-0.2, 0) is 17.4 Å². The summed E-state index contributed by atoms with van der Waals surface area (Å²) in [6.45, 7) is 0. The number of nitro benzene ring substituents is 2. The van der Waals surface area contributed by atoms with E-state index < -0.39 is 21.8 Å². The fourth-order valence-electron chi connectivity index (χ4n) is 6.31. The summed E-state index contributed by atoms with van der Waals surface area (Å²) in [6, 6.07) is 43.1. The predicted molar refractivity (Wildman–Crippen MR) is 236 cm³/mol. The molecular formula is C46H32CrN8O10. The molecule has 8 aromatic rings.